The molecule has 2 aromatic rings. The number of ether oxygens (including phenoxy) is 1. The second kappa shape index (κ2) is 5.77. The minimum Gasteiger partial charge on any atom is -0.478 e. The first-order valence-corrected chi connectivity index (χ1v) is 5.61. The van der Waals surface area contributed by atoms with Gasteiger partial charge in [-0.25, -0.2) is 9.97 Å². The van der Waals surface area contributed by atoms with Crippen LogP contribution in [0, 0.1) is 11.3 Å². The van der Waals surface area contributed by atoms with Gasteiger partial charge in [-0.3, -0.25) is 4.68 Å². The number of rotatable bonds is 5. The van der Waals surface area contributed by atoms with Gasteiger partial charge in [-0.15, -0.1) is 0 Å². The number of pyridine rings is 1. The molecule has 0 aliphatic heterocycles. The van der Waals surface area contributed by atoms with E-state index in [-0.39, 0.29) is 0 Å². The van der Waals surface area contributed by atoms with Crippen LogP contribution in [0.5, 0.6) is 5.88 Å². The summed E-state index contributed by atoms with van der Waals surface area (Å²) in [4.78, 5) is 8.15. The molecule has 0 saturated heterocycles. The van der Waals surface area contributed by atoms with Gasteiger partial charge >= 0.3 is 0 Å². The largest absolute Gasteiger partial charge is 0.478 e. The zero-order valence-corrected chi connectivity index (χ0v) is 10.1. The normalized spacial score (nSPS) is 10.0. The molecule has 0 atom stereocenters. The third-order valence-corrected chi connectivity index (χ3v) is 2.31. The molecule has 0 fully saturated rings. The molecule has 0 amide bonds. The summed E-state index contributed by atoms with van der Waals surface area (Å²) in [7, 11) is 1.84. The average Bonchev–Trinajstić information content (AvgIpc) is 2.81. The summed E-state index contributed by atoms with van der Waals surface area (Å²) in [5.74, 6) is 1.28. The maximum atomic E-state index is 8.73. The van der Waals surface area contributed by atoms with E-state index in [0.717, 1.165) is 18.7 Å². The van der Waals surface area contributed by atoms with Crippen molar-refractivity contribution in [1.82, 2.24) is 19.7 Å². The second-order valence-electron chi connectivity index (χ2n) is 3.78. The van der Waals surface area contributed by atoms with Crippen LogP contribution in [0.4, 0.5) is 0 Å². The van der Waals surface area contributed by atoms with Crippen LogP contribution in [-0.2, 0) is 13.5 Å². The van der Waals surface area contributed by atoms with Gasteiger partial charge in [0.1, 0.15) is 6.33 Å². The van der Waals surface area contributed by atoms with E-state index in [9.17, 15) is 0 Å². The molecule has 0 radical (unpaired) electrons. The van der Waals surface area contributed by atoms with Gasteiger partial charge in [0.2, 0.25) is 5.88 Å². The summed E-state index contributed by atoms with van der Waals surface area (Å²) >= 11 is 0. The number of hydrogen-bond donors (Lipinski definition) is 0. The monoisotopic (exact) mass is 243 g/mol. The van der Waals surface area contributed by atoms with E-state index >= 15 is 0 Å². The van der Waals surface area contributed by atoms with E-state index in [1.54, 1.807) is 29.3 Å². The third-order valence-electron chi connectivity index (χ3n) is 2.31. The maximum Gasteiger partial charge on any atom is 0.214 e. The fourth-order valence-electron chi connectivity index (χ4n) is 1.46. The molecule has 0 bridgehead atoms. The Labute approximate surface area is 105 Å². The molecule has 2 aromatic heterocycles. The Hall–Kier alpha value is -2.42. The van der Waals surface area contributed by atoms with Gasteiger partial charge < -0.3 is 4.74 Å². The van der Waals surface area contributed by atoms with Crippen molar-refractivity contribution in [3.05, 3.63) is 36.0 Å². The molecule has 0 aliphatic rings. The van der Waals surface area contributed by atoms with E-state index in [2.05, 4.69) is 15.1 Å². The van der Waals surface area contributed by atoms with Crippen LogP contribution in [0.25, 0.3) is 0 Å². The van der Waals surface area contributed by atoms with E-state index in [1.807, 2.05) is 13.1 Å². The van der Waals surface area contributed by atoms with Crippen LogP contribution < -0.4 is 4.74 Å². The zero-order valence-electron chi connectivity index (χ0n) is 10.1. The lowest BCUT2D eigenvalue weighted by Gasteiger charge is -2.03. The molecule has 92 valence electrons. The number of nitrogens with zero attached hydrogens (tertiary/aromatic N) is 5. The Bertz CT molecular complexity index is 558. The topological polar surface area (TPSA) is 76.6 Å². The molecule has 2 heterocycles. The fourth-order valence-corrected chi connectivity index (χ4v) is 1.46. The van der Waals surface area contributed by atoms with Crippen LogP contribution in [0.1, 0.15) is 17.8 Å². The standard InChI is InChI=1S/C12H13N5O/c1-17-9-15-11(16-17)3-2-6-18-12-7-10(8-13)4-5-14-12/h4-5,7,9H,2-3,6H2,1H3. The molecule has 0 unspecified atom stereocenters. The molecule has 18 heavy (non-hydrogen) atoms. The second-order valence-corrected chi connectivity index (χ2v) is 3.78. The van der Waals surface area contributed by atoms with Crippen molar-refractivity contribution in [3.63, 3.8) is 0 Å². The first-order valence-electron chi connectivity index (χ1n) is 5.61. The zero-order chi connectivity index (χ0) is 12.8. The summed E-state index contributed by atoms with van der Waals surface area (Å²) < 4.78 is 7.13. The van der Waals surface area contributed by atoms with Gasteiger partial charge in [0, 0.05) is 25.7 Å². The Morgan fingerprint density at radius 1 is 1.44 bits per heavy atom. The minimum absolute atomic E-state index is 0.475. The number of nitriles is 1. The molecule has 2 rings (SSSR count). The van der Waals surface area contributed by atoms with Crippen molar-refractivity contribution in [3.8, 4) is 11.9 Å². The van der Waals surface area contributed by atoms with Crippen molar-refractivity contribution in [1.29, 1.82) is 5.26 Å². The fraction of sp³-hybridized carbons (Fsp3) is 0.333. The highest BCUT2D eigenvalue weighted by Gasteiger charge is 2.00. The van der Waals surface area contributed by atoms with E-state index in [0.29, 0.717) is 18.1 Å². The molecule has 0 saturated carbocycles. The summed E-state index contributed by atoms with van der Waals surface area (Å²) in [5.41, 5.74) is 0.548. The molecule has 0 spiro atoms. The molecular weight excluding hydrogens is 230 g/mol. The van der Waals surface area contributed by atoms with Crippen LogP contribution in [0.15, 0.2) is 24.7 Å². The van der Waals surface area contributed by atoms with Crippen molar-refractivity contribution in [2.75, 3.05) is 6.61 Å². The van der Waals surface area contributed by atoms with Gasteiger partial charge in [0.25, 0.3) is 0 Å². The SMILES string of the molecule is Cn1cnc(CCCOc2cc(C#N)ccn2)n1. The summed E-state index contributed by atoms with van der Waals surface area (Å²) in [5, 5.41) is 12.9. The molecular formula is C12H13N5O. The van der Waals surface area contributed by atoms with Gasteiger partial charge in [0.05, 0.1) is 18.2 Å². The molecule has 0 aromatic carbocycles. The van der Waals surface area contributed by atoms with E-state index < -0.39 is 0 Å². The summed E-state index contributed by atoms with van der Waals surface area (Å²) in [6.07, 6.45) is 4.81. The quantitative estimate of drug-likeness (QED) is 0.735. The highest BCUT2D eigenvalue weighted by molar-refractivity contribution is 5.31. The summed E-state index contributed by atoms with van der Waals surface area (Å²) in [6, 6.07) is 5.31. The van der Waals surface area contributed by atoms with Crippen molar-refractivity contribution < 1.29 is 4.74 Å². The maximum absolute atomic E-state index is 8.73. The van der Waals surface area contributed by atoms with Crippen LogP contribution in [0.3, 0.4) is 0 Å². The Morgan fingerprint density at radius 2 is 2.33 bits per heavy atom. The predicted molar refractivity (Wildman–Crippen MR) is 63.8 cm³/mol. The Balaban J connectivity index is 1.77. The Kier molecular flexibility index (Phi) is 3.86. The van der Waals surface area contributed by atoms with Gasteiger partial charge in [-0.1, -0.05) is 0 Å². The first kappa shape index (κ1) is 12.0. The molecule has 0 aliphatic carbocycles. The summed E-state index contributed by atoms with van der Waals surface area (Å²) in [6.45, 7) is 0.528. The first-order chi connectivity index (χ1) is 8.78. The minimum atomic E-state index is 0.475. The molecule has 6 heteroatoms. The van der Waals surface area contributed by atoms with Crippen LogP contribution in [-0.4, -0.2) is 26.4 Å². The van der Waals surface area contributed by atoms with E-state index in [1.165, 1.54) is 0 Å². The van der Waals surface area contributed by atoms with Gasteiger partial charge in [-0.2, -0.15) is 10.4 Å². The number of aryl methyl sites for hydroxylation is 2. The Morgan fingerprint density at radius 3 is 3.06 bits per heavy atom. The van der Waals surface area contributed by atoms with E-state index in [4.69, 9.17) is 10.00 Å². The van der Waals surface area contributed by atoms with Gasteiger partial charge in [0.15, 0.2) is 5.82 Å². The smallest absolute Gasteiger partial charge is 0.214 e. The lowest BCUT2D eigenvalue weighted by atomic mass is 10.3. The van der Waals surface area contributed by atoms with Crippen LogP contribution in [0.2, 0.25) is 0 Å². The number of hydrogen-bond acceptors (Lipinski definition) is 5. The average molecular weight is 243 g/mol. The number of aromatic nitrogens is 4. The van der Waals surface area contributed by atoms with Gasteiger partial charge in [-0.05, 0) is 12.5 Å². The third kappa shape index (κ3) is 3.28. The van der Waals surface area contributed by atoms with Crippen molar-refractivity contribution >= 4 is 0 Å². The van der Waals surface area contributed by atoms with Crippen LogP contribution >= 0.6 is 0 Å². The molecule has 0 N–H and O–H groups in total. The lowest BCUT2D eigenvalue weighted by molar-refractivity contribution is 0.298. The van der Waals surface area contributed by atoms with Crippen molar-refractivity contribution in [2.45, 2.75) is 12.8 Å². The highest BCUT2D eigenvalue weighted by Crippen LogP contribution is 2.08. The lowest BCUT2D eigenvalue weighted by Crippen LogP contribution is -2.02. The predicted octanol–water partition coefficient (Wildman–Crippen LogP) is 1.09. The van der Waals surface area contributed by atoms with Crippen molar-refractivity contribution in [2.24, 2.45) is 7.05 Å². The highest BCUT2D eigenvalue weighted by atomic mass is 16.5. The molecule has 6 nitrogen and oxygen atoms in total.